The molecule has 0 bridgehead atoms. The summed E-state index contributed by atoms with van der Waals surface area (Å²) in [6, 6.07) is 0.468. The second-order valence-corrected chi connectivity index (χ2v) is 2.69. The molecule has 64 valence electrons. The highest BCUT2D eigenvalue weighted by atomic mass is 79.9. The number of halogens is 1. The van der Waals surface area contributed by atoms with E-state index in [1.165, 1.54) is 32.1 Å². The fourth-order valence-electron chi connectivity index (χ4n) is 0.981. The fourth-order valence-corrected chi connectivity index (χ4v) is 0.981. The van der Waals surface area contributed by atoms with E-state index in [0.29, 0.717) is 6.04 Å². The van der Waals surface area contributed by atoms with E-state index in [0.717, 1.165) is 0 Å². The maximum Gasteiger partial charge on any atom is 0.00387 e. The normalized spacial score (nSPS) is 12.3. The third-order valence-electron chi connectivity index (χ3n) is 1.59. The van der Waals surface area contributed by atoms with Crippen molar-refractivity contribution in [2.45, 2.75) is 52.0 Å². The molecule has 0 spiro atoms. The second-order valence-electron chi connectivity index (χ2n) is 2.69. The first-order chi connectivity index (χ1) is 4.31. The Balaban J connectivity index is 0. The predicted molar refractivity (Wildman–Crippen MR) is 52.7 cm³/mol. The number of nitrogens with two attached hydrogens (primary N) is 1. The maximum atomic E-state index is 5.77. The van der Waals surface area contributed by atoms with Crippen LogP contribution in [0, 0.1) is 0 Å². The molecule has 0 fully saturated rings. The minimum atomic E-state index is 0. The zero-order valence-corrected chi connectivity index (χ0v) is 8.81. The van der Waals surface area contributed by atoms with Gasteiger partial charge in [0.1, 0.15) is 0 Å². The number of hydrogen-bond donors (Lipinski definition) is 1. The molecular weight excluding hydrogens is 190 g/mol. The van der Waals surface area contributed by atoms with E-state index in [-0.39, 0.29) is 17.0 Å². The molecular formula is C8H20BrN. The summed E-state index contributed by atoms with van der Waals surface area (Å²) < 4.78 is 0. The molecule has 10 heavy (non-hydrogen) atoms. The lowest BCUT2D eigenvalue weighted by Gasteiger charge is -2.07. The van der Waals surface area contributed by atoms with Crippen molar-refractivity contribution >= 4 is 17.0 Å². The zero-order chi connectivity index (χ0) is 7.11. The number of hydrogen-bond acceptors (Lipinski definition) is 1. The summed E-state index contributed by atoms with van der Waals surface area (Å²) in [6.07, 6.45) is 6.20. The van der Waals surface area contributed by atoms with Crippen LogP contribution in [0.15, 0.2) is 0 Å². The van der Waals surface area contributed by atoms with Crippen LogP contribution in [0.25, 0.3) is 0 Å². The third kappa shape index (κ3) is 8.44. The van der Waals surface area contributed by atoms with Crippen molar-refractivity contribution in [1.82, 2.24) is 0 Å². The Hall–Kier alpha value is 0.440. The molecule has 0 heterocycles. The van der Waals surface area contributed by atoms with Crippen LogP contribution in [0.1, 0.15) is 46.0 Å². The summed E-state index contributed by atoms with van der Waals surface area (Å²) in [6.45, 7) is 4.39. The van der Waals surface area contributed by atoms with E-state index in [4.69, 9.17) is 5.73 Å². The molecule has 0 amide bonds. The minimum Gasteiger partial charge on any atom is -0.328 e. The van der Waals surface area contributed by atoms with Gasteiger partial charge in [-0.25, -0.2) is 0 Å². The summed E-state index contributed by atoms with van der Waals surface area (Å²) in [5, 5.41) is 0. The van der Waals surface area contributed by atoms with E-state index < -0.39 is 0 Å². The Kier molecular flexibility index (Phi) is 12.3. The molecule has 1 nitrogen and oxygen atoms in total. The monoisotopic (exact) mass is 209 g/mol. The van der Waals surface area contributed by atoms with Gasteiger partial charge in [-0.2, -0.15) is 0 Å². The Morgan fingerprint density at radius 2 is 1.70 bits per heavy atom. The van der Waals surface area contributed by atoms with Crippen molar-refractivity contribution in [2.24, 2.45) is 5.73 Å². The minimum absolute atomic E-state index is 0. The maximum absolute atomic E-state index is 5.77. The lowest BCUT2D eigenvalue weighted by Crippen LogP contribution is -2.18. The van der Waals surface area contributed by atoms with Crippen LogP contribution in [0.4, 0.5) is 0 Å². The van der Waals surface area contributed by atoms with E-state index in [2.05, 4.69) is 13.8 Å². The van der Waals surface area contributed by atoms with E-state index >= 15 is 0 Å². The van der Waals surface area contributed by atoms with E-state index in [9.17, 15) is 0 Å². The molecule has 0 saturated heterocycles. The molecule has 0 aliphatic heterocycles. The molecule has 0 aromatic rings. The molecule has 0 aromatic heterocycles. The van der Waals surface area contributed by atoms with Gasteiger partial charge in [-0.3, -0.25) is 0 Å². The predicted octanol–water partition coefficient (Wildman–Crippen LogP) is 2.88. The lowest BCUT2D eigenvalue weighted by molar-refractivity contribution is 0.535. The van der Waals surface area contributed by atoms with Gasteiger partial charge < -0.3 is 5.73 Å². The van der Waals surface area contributed by atoms with Gasteiger partial charge in [-0.05, 0) is 12.8 Å². The largest absolute Gasteiger partial charge is 0.328 e. The van der Waals surface area contributed by atoms with Crippen molar-refractivity contribution in [3.8, 4) is 0 Å². The smallest absolute Gasteiger partial charge is 0.00387 e. The van der Waals surface area contributed by atoms with Crippen LogP contribution in [0.3, 0.4) is 0 Å². The first-order valence-corrected chi connectivity index (χ1v) is 4.06. The van der Waals surface area contributed by atoms with Gasteiger partial charge in [-0.15, -0.1) is 17.0 Å². The van der Waals surface area contributed by atoms with Gasteiger partial charge in [0, 0.05) is 6.04 Å². The van der Waals surface area contributed by atoms with Crippen molar-refractivity contribution in [1.29, 1.82) is 0 Å². The van der Waals surface area contributed by atoms with Crippen molar-refractivity contribution < 1.29 is 0 Å². The standard InChI is InChI=1S/C8H19N.BrH/c1-3-5-7-8(9)6-4-2;/h8H,3-7,9H2,1-2H3;1H. The molecule has 0 saturated carbocycles. The van der Waals surface area contributed by atoms with Gasteiger partial charge >= 0.3 is 0 Å². The second kappa shape index (κ2) is 9.44. The first kappa shape index (κ1) is 13.1. The molecule has 0 rings (SSSR count). The van der Waals surface area contributed by atoms with Crippen LogP contribution in [0.2, 0.25) is 0 Å². The van der Waals surface area contributed by atoms with Crippen molar-refractivity contribution in [3.63, 3.8) is 0 Å². The Morgan fingerprint density at radius 3 is 2.10 bits per heavy atom. The molecule has 2 N–H and O–H groups in total. The SMILES string of the molecule is Br.CCCCC(N)CCC. The average molecular weight is 210 g/mol. The van der Waals surface area contributed by atoms with Gasteiger partial charge in [0.15, 0.2) is 0 Å². The topological polar surface area (TPSA) is 26.0 Å². The quantitative estimate of drug-likeness (QED) is 0.741. The molecule has 2 heteroatoms. The van der Waals surface area contributed by atoms with Crippen molar-refractivity contribution in [2.75, 3.05) is 0 Å². The highest BCUT2D eigenvalue weighted by Crippen LogP contribution is 2.02. The number of rotatable bonds is 5. The van der Waals surface area contributed by atoms with E-state index in [1.54, 1.807) is 0 Å². The molecule has 0 aliphatic carbocycles. The fraction of sp³-hybridized carbons (Fsp3) is 1.00. The zero-order valence-electron chi connectivity index (χ0n) is 7.10. The molecule has 1 atom stereocenters. The third-order valence-corrected chi connectivity index (χ3v) is 1.59. The highest BCUT2D eigenvalue weighted by molar-refractivity contribution is 8.93. The van der Waals surface area contributed by atoms with Crippen molar-refractivity contribution in [3.05, 3.63) is 0 Å². The highest BCUT2D eigenvalue weighted by Gasteiger charge is 1.97. The van der Waals surface area contributed by atoms with Crippen LogP contribution in [-0.2, 0) is 0 Å². The molecule has 0 aliphatic rings. The van der Waals surface area contributed by atoms with Gasteiger partial charge in [-0.1, -0.05) is 33.1 Å². The summed E-state index contributed by atoms with van der Waals surface area (Å²) in [7, 11) is 0. The lowest BCUT2D eigenvalue weighted by atomic mass is 10.1. The Morgan fingerprint density at radius 1 is 1.10 bits per heavy atom. The summed E-state index contributed by atoms with van der Waals surface area (Å²) in [5.41, 5.74) is 5.77. The molecule has 0 aromatic carbocycles. The first-order valence-electron chi connectivity index (χ1n) is 4.06. The Labute approximate surface area is 75.1 Å². The van der Waals surface area contributed by atoms with Gasteiger partial charge in [0.2, 0.25) is 0 Å². The molecule has 1 unspecified atom stereocenters. The van der Waals surface area contributed by atoms with Crippen LogP contribution in [0.5, 0.6) is 0 Å². The van der Waals surface area contributed by atoms with Gasteiger partial charge in [0.05, 0.1) is 0 Å². The number of unbranched alkanes of at least 4 members (excludes halogenated alkanes) is 1. The molecule has 0 radical (unpaired) electrons. The van der Waals surface area contributed by atoms with E-state index in [1.807, 2.05) is 0 Å². The van der Waals surface area contributed by atoms with Crippen LogP contribution < -0.4 is 5.73 Å². The van der Waals surface area contributed by atoms with Crippen LogP contribution in [-0.4, -0.2) is 6.04 Å². The summed E-state index contributed by atoms with van der Waals surface area (Å²) >= 11 is 0. The summed E-state index contributed by atoms with van der Waals surface area (Å²) in [5.74, 6) is 0. The van der Waals surface area contributed by atoms with Crippen LogP contribution >= 0.6 is 17.0 Å². The Bertz CT molecular complexity index is 57.2. The van der Waals surface area contributed by atoms with Gasteiger partial charge in [0.25, 0.3) is 0 Å². The summed E-state index contributed by atoms with van der Waals surface area (Å²) in [4.78, 5) is 0. The average Bonchev–Trinajstić information content (AvgIpc) is 1.85.